The van der Waals surface area contributed by atoms with Crippen molar-refractivity contribution in [1.29, 1.82) is 0 Å². The van der Waals surface area contributed by atoms with Gasteiger partial charge in [0.1, 0.15) is 24.1 Å². The van der Waals surface area contributed by atoms with Gasteiger partial charge >= 0.3 is 50.9 Å². The number of nitrogens with zero attached hydrogens (tertiary/aromatic N) is 3. The molecule has 1 saturated heterocycles. The van der Waals surface area contributed by atoms with E-state index in [0.717, 1.165) is 4.57 Å². The zero-order valence-corrected chi connectivity index (χ0v) is 21.1. The Hall–Kier alpha value is -0.220. The number of phosphoric ester groups is 2. The van der Waals surface area contributed by atoms with Crippen LogP contribution in [0.15, 0.2) is 17.1 Å². The topological polar surface area (TPSA) is 213 Å². The van der Waals surface area contributed by atoms with Gasteiger partial charge in [0.25, 0.3) is 0 Å². The van der Waals surface area contributed by atoms with E-state index in [1.807, 2.05) is 0 Å². The van der Waals surface area contributed by atoms with Crippen LogP contribution in [0.5, 0.6) is 0 Å². The van der Waals surface area contributed by atoms with E-state index in [9.17, 15) is 33.9 Å². The van der Waals surface area contributed by atoms with E-state index in [0.29, 0.717) is 0 Å². The molecule has 0 aromatic carbocycles. The molecule has 1 aromatic heterocycles. The fourth-order valence-corrected chi connectivity index (χ4v) is 4.56. The number of hydrogen-bond donors (Lipinski definition) is 5. The van der Waals surface area contributed by atoms with E-state index in [2.05, 4.69) is 18.3 Å². The molecule has 15 nitrogen and oxygen atoms in total. The molecule has 6 atom stereocenters. The monoisotopic (exact) mass is 498 g/mol. The van der Waals surface area contributed by atoms with Crippen LogP contribution in [0.2, 0.25) is 0 Å². The van der Waals surface area contributed by atoms with Crippen molar-refractivity contribution in [2.45, 2.75) is 24.5 Å². The van der Waals surface area contributed by atoms with Gasteiger partial charge in [0.15, 0.2) is 13.0 Å². The maximum absolute atomic E-state index is 12.0. The molecule has 1 aromatic rings. The third-order valence-corrected chi connectivity index (χ3v) is 6.25. The summed E-state index contributed by atoms with van der Waals surface area (Å²) in [5.41, 5.74) is 4.52. The molecule has 0 spiro atoms. The quantitative estimate of drug-likeness (QED) is 0.0939. The molecule has 0 amide bonds. The minimum absolute atomic E-state index is 0. The van der Waals surface area contributed by atoms with Crippen LogP contribution in [0.25, 0.3) is 0 Å². The smallest absolute Gasteiger partial charge is 0.387 e. The number of aliphatic hydroxyl groups excluding tert-OH is 2. The van der Waals surface area contributed by atoms with Crippen molar-refractivity contribution in [2.75, 3.05) is 40.2 Å². The van der Waals surface area contributed by atoms with E-state index in [-0.39, 0.29) is 46.6 Å². The molecule has 31 heavy (non-hydrogen) atoms. The van der Waals surface area contributed by atoms with Crippen molar-refractivity contribution in [3.05, 3.63) is 22.7 Å². The normalized spacial score (nSPS) is 27.8. The Morgan fingerprint density at radius 2 is 1.77 bits per heavy atom. The number of hydrogen-bond acceptors (Lipinski definition) is 11. The molecule has 2 heterocycles. The zero-order valence-electron chi connectivity index (χ0n) is 17.3. The van der Waals surface area contributed by atoms with E-state index in [1.165, 1.54) is 12.3 Å². The Kier molecular flexibility index (Phi) is 10.0. The van der Waals surface area contributed by atoms with Crippen LogP contribution in [0, 0.1) is 0 Å². The Morgan fingerprint density at radius 3 is 2.32 bits per heavy atom. The van der Waals surface area contributed by atoms with Gasteiger partial charge in [-0.05, 0) is 6.07 Å². The van der Waals surface area contributed by atoms with Gasteiger partial charge in [-0.2, -0.15) is 9.29 Å². The van der Waals surface area contributed by atoms with Gasteiger partial charge in [-0.15, -0.1) is 0 Å². The van der Waals surface area contributed by atoms with Crippen LogP contribution in [-0.2, 0) is 27.2 Å². The number of phosphoric acid groups is 2. The number of anilines is 1. The second-order valence-electron chi connectivity index (χ2n) is 7.45. The minimum Gasteiger partial charge on any atom is -0.387 e. The molecule has 2 unspecified atom stereocenters. The summed E-state index contributed by atoms with van der Waals surface area (Å²) >= 11 is 0. The molecule has 1 fully saturated rings. The largest absolute Gasteiger partial charge is 1.00 e. The van der Waals surface area contributed by atoms with Crippen LogP contribution in [-0.4, -0.2) is 86.8 Å². The number of ether oxygens (including phenoxy) is 1. The standard InChI is InChI=1S/C13H24N4O11P2.Na/c1-17(2,3)7-26-30(23,24)28-29(21,22)25-6-8-10(18)11(19)12(27-8)16-5-4-9(14)15-13(16)20;/h4-5,8,10-12,18-19H,6-7H2,1-3H3,(H3-,14,15,20,21,22,23,24);/q;+1/p+1/t8-,10-,11-,12-;/m1./s1. The predicted molar refractivity (Wildman–Crippen MR) is 99.5 cm³/mol. The SMILES string of the molecule is C[N+](C)(C)COP(=O)(O)OP(=O)(O)OC[C@H]1O[C@@H](n2ccc(N)nc2=O)[C@H](O)[C@@H]1O.[Na+]. The molecule has 18 heteroatoms. The summed E-state index contributed by atoms with van der Waals surface area (Å²) in [6, 6.07) is 1.26. The molecule has 0 bridgehead atoms. The summed E-state index contributed by atoms with van der Waals surface area (Å²) in [4.78, 5) is 34.6. The van der Waals surface area contributed by atoms with Gasteiger partial charge in [0.05, 0.1) is 27.7 Å². The molecule has 0 saturated carbocycles. The third-order valence-electron chi connectivity index (χ3n) is 3.68. The first-order chi connectivity index (χ1) is 13.6. The van der Waals surface area contributed by atoms with Crippen molar-refractivity contribution in [1.82, 2.24) is 9.55 Å². The van der Waals surface area contributed by atoms with Gasteiger partial charge in [-0.25, -0.2) is 18.4 Å². The van der Waals surface area contributed by atoms with E-state index < -0.39 is 52.5 Å². The van der Waals surface area contributed by atoms with Crippen molar-refractivity contribution in [3.8, 4) is 0 Å². The van der Waals surface area contributed by atoms with Gasteiger partial charge in [-0.3, -0.25) is 9.09 Å². The van der Waals surface area contributed by atoms with Crippen molar-refractivity contribution in [2.24, 2.45) is 0 Å². The van der Waals surface area contributed by atoms with Crippen LogP contribution in [0.1, 0.15) is 6.23 Å². The minimum atomic E-state index is -5.12. The van der Waals surface area contributed by atoms with Crippen molar-refractivity contribution >= 4 is 21.5 Å². The second kappa shape index (κ2) is 10.8. The summed E-state index contributed by atoms with van der Waals surface area (Å²) in [5.74, 6) is -0.0663. The van der Waals surface area contributed by atoms with E-state index in [1.54, 1.807) is 21.1 Å². The van der Waals surface area contributed by atoms with Gasteiger partial charge < -0.3 is 35.0 Å². The van der Waals surface area contributed by atoms with E-state index in [4.69, 9.17) is 10.5 Å². The fraction of sp³-hybridized carbons (Fsp3) is 0.692. The van der Waals surface area contributed by atoms with Crippen molar-refractivity contribution < 1.29 is 81.3 Å². The Morgan fingerprint density at radius 1 is 1.19 bits per heavy atom. The first-order valence-corrected chi connectivity index (χ1v) is 11.4. The number of nitrogens with two attached hydrogens (primary N) is 1. The molecule has 172 valence electrons. The summed E-state index contributed by atoms with van der Waals surface area (Å²) < 4.78 is 43.4. The van der Waals surface area contributed by atoms with Gasteiger partial charge in [-0.1, -0.05) is 0 Å². The molecular formula is C13H25N4NaO11P2+2. The number of nitrogen functional groups attached to an aromatic ring is 1. The van der Waals surface area contributed by atoms with Crippen LogP contribution >= 0.6 is 15.6 Å². The summed E-state index contributed by atoms with van der Waals surface area (Å²) in [5, 5.41) is 20.2. The molecule has 6 N–H and O–H groups in total. The first-order valence-electron chi connectivity index (χ1n) is 8.43. The summed E-state index contributed by atoms with van der Waals surface area (Å²) in [6.07, 6.45) is -4.83. The second-order valence-corrected chi connectivity index (χ2v) is 10.5. The molecule has 2 rings (SSSR count). The van der Waals surface area contributed by atoms with E-state index >= 15 is 0 Å². The number of quaternary nitrogens is 1. The molecule has 1 aliphatic heterocycles. The van der Waals surface area contributed by atoms with Gasteiger partial charge in [0.2, 0.25) is 0 Å². The van der Waals surface area contributed by atoms with Crippen molar-refractivity contribution in [3.63, 3.8) is 0 Å². The average molecular weight is 498 g/mol. The zero-order chi connectivity index (χ0) is 22.9. The molecule has 0 aliphatic carbocycles. The van der Waals surface area contributed by atoms with Crippen LogP contribution in [0.4, 0.5) is 5.82 Å². The number of aliphatic hydroxyl groups is 2. The molecule has 1 aliphatic rings. The van der Waals surface area contributed by atoms with Crippen LogP contribution < -0.4 is 41.0 Å². The third kappa shape index (κ3) is 8.57. The number of rotatable bonds is 9. The fourth-order valence-electron chi connectivity index (χ4n) is 2.31. The Balaban J connectivity index is 0.00000480. The molecule has 0 radical (unpaired) electrons. The first kappa shape index (κ1) is 28.8. The molecular weight excluding hydrogens is 473 g/mol. The summed E-state index contributed by atoms with van der Waals surface area (Å²) in [6.45, 7) is -1.13. The maximum atomic E-state index is 12.0. The average Bonchev–Trinajstić information content (AvgIpc) is 2.85. The Labute approximate surface area is 199 Å². The predicted octanol–water partition coefficient (Wildman–Crippen LogP) is -4.64. The van der Waals surface area contributed by atoms with Crippen LogP contribution in [0.3, 0.4) is 0 Å². The summed E-state index contributed by atoms with van der Waals surface area (Å²) in [7, 11) is -5.15. The number of aromatic nitrogens is 2. The van der Waals surface area contributed by atoms with Gasteiger partial charge in [0, 0.05) is 6.20 Å². The Bertz CT molecular complexity index is 910. The maximum Gasteiger partial charge on any atom is 1.00 e.